The number of nitriles is 1. The van der Waals surface area contributed by atoms with Gasteiger partial charge in [-0.15, -0.1) is 0 Å². The molecule has 2 fully saturated rings. The Morgan fingerprint density at radius 1 is 0.986 bits per heavy atom. The number of hydrogen-bond acceptors (Lipinski definition) is 18. The third-order valence-electron chi connectivity index (χ3n) is 12.4. The molecule has 3 aromatic heterocycles. The fourth-order valence-corrected chi connectivity index (χ4v) is 11.4. The van der Waals surface area contributed by atoms with E-state index in [2.05, 4.69) is 35.6 Å². The normalized spacial score (nSPS) is 23.0. The van der Waals surface area contributed by atoms with Gasteiger partial charge in [-0.3, -0.25) is 33.5 Å². The molecule has 26 heteroatoms. The first-order valence-electron chi connectivity index (χ1n) is 23.2. The minimum atomic E-state index is -4.27. The number of imidazole rings is 1. The molecular weight excluding hydrogens is 1030 g/mol. The first kappa shape index (κ1) is 54.2. The predicted molar refractivity (Wildman–Crippen MR) is 269 cm³/mol. The van der Waals surface area contributed by atoms with E-state index < -0.39 is 100 Å². The number of nitrogens with zero attached hydrogens (tertiary/aromatic N) is 6. The van der Waals surface area contributed by atoms with Crippen LogP contribution in [-0.4, -0.2) is 111 Å². The Morgan fingerprint density at radius 2 is 1.66 bits per heavy atom. The summed E-state index contributed by atoms with van der Waals surface area (Å²) in [6.07, 6.45) is -6.65. The van der Waals surface area contributed by atoms with E-state index in [0.717, 1.165) is 0 Å². The van der Waals surface area contributed by atoms with Crippen LogP contribution in [0.25, 0.3) is 11.2 Å². The fourth-order valence-electron chi connectivity index (χ4n) is 8.74. The van der Waals surface area contributed by atoms with Crippen LogP contribution < -0.4 is 25.7 Å². The van der Waals surface area contributed by atoms with Crippen LogP contribution in [0.1, 0.15) is 49.6 Å². The maximum absolute atomic E-state index is 18.0. The molecule has 1 saturated carbocycles. The molecule has 1 unspecified atom stereocenters. The summed E-state index contributed by atoms with van der Waals surface area (Å²) in [6.45, 7) is -2.28. The summed E-state index contributed by atoms with van der Waals surface area (Å²) in [7, 11) is -0.603. The standard InChI is InChI=1S/C48H53F2N9O12P2S/c1-28(2)44(60)57-47-56-43-40(45(61)58-47)54-27-59(43)46-42(71-73(74,67-22-8-20-51)68-24-29-23-35(38(49)41(29)70-72(62)63)55-37-19-21-52-26-53-37)39(50)36(69-46)25-66-48(30-9-6-5-7-10-30,31-11-15-33(64-3)16-12-31)32-13-17-34(65-4)18-14-32/h5-7,9-19,21,26-29,35-36,38-39,41-42,46,72H,8,22-25H2,1-4H3,(H,62,63)(H,52,53,55)(H2,56,57,58,60,61)/t29-,35-,36-,38+,39-,41-,42-,46-,73+/m1/s1. The van der Waals surface area contributed by atoms with Crippen molar-refractivity contribution in [3.05, 3.63) is 131 Å². The summed E-state index contributed by atoms with van der Waals surface area (Å²) in [5.41, 5.74) is -0.596. The van der Waals surface area contributed by atoms with Gasteiger partial charge in [0.2, 0.25) is 11.9 Å². The molecule has 1 amide bonds. The highest BCUT2D eigenvalue weighted by Crippen LogP contribution is 2.56. The average molecular weight is 1080 g/mol. The molecule has 6 aromatic rings. The monoisotopic (exact) mass is 1080 g/mol. The number of methoxy groups -OCH3 is 2. The number of amides is 1. The van der Waals surface area contributed by atoms with Crippen LogP contribution in [-0.2, 0) is 54.3 Å². The zero-order valence-corrected chi connectivity index (χ0v) is 43.0. The zero-order chi connectivity index (χ0) is 52.6. The second-order valence-corrected chi connectivity index (χ2v) is 21.1. The lowest BCUT2D eigenvalue weighted by atomic mass is 9.80. The highest BCUT2D eigenvalue weighted by atomic mass is 32.5. The number of anilines is 2. The van der Waals surface area contributed by atoms with E-state index in [1.54, 1.807) is 52.3 Å². The van der Waals surface area contributed by atoms with Crippen molar-refractivity contribution in [1.29, 1.82) is 5.26 Å². The molecule has 1 aliphatic carbocycles. The van der Waals surface area contributed by atoms with Gasteiger partial charge in [-0.05, 0) is 65.2 Å². The van der Waals surface area contributed by atoms with Gasteiger partial charge < -0.3 is 42.7 Å². The van der Waals surface area contributed by atoms with Crippen molar-refractivity contribution in [3.63, 3.8) is 0 Å². The lowest BCUT2D eigenvalue weighted by Gasteiger charge is -2.37. The Morgan fingerprint density at radius 3 is 2.27 bits per heavy atom. The Balaban J connectivity index is 1.18. The Hall–Kier alpha value is -6.09. The smallest absolute Gasteiger partial charge is 0.327 e. The molecule has 0 radical (unpaired) electrons. The highest BCUT2D eigenvalue weighted by Gasteiger charge is 2.53. The van der Waals surface area contributed by atoms with Gasteiger partial charge in [0.05, 0.1) is 58.9 Å². The van der Waals surface area contributed by atoms with Crippen LogP contribution in [0.15, 0.2) is 109 Å². The minimum Gasteiger partial charge on any atom is -0.497 e. The third-order valence-corrected chi connectivity index (χ3v) is 15.2. The van der Waals surface area contributed by atoms with E-state index in [4.69, 9.17) is 48.8 Å². The molecule has 3 aromatic carbocycles. The molecule has 2 aliphatic rings. The topological polar surface area (TPSA) is 265 Å². The maximum Gasteiger partial charge on any atom is 0.327 e. The molecule has 1 aliphatic heterocycles. The molecule has 1 saturated heterocycles. The Kier molecular flexibility index (Phi) is 17.6. The Labute approximate surface area is 429 Å². The molecule has 0 bridgehead atoms. The summed E-state index contributed by atoms with van der Waals surface area (Å²) in [5, 5.41) is 15.0. The number of aromatic nitrogens is 6. The second kappa shape index (κ2) is 24.1. The molecule has 21 nitrogen and oxygen atoms in total. The number of rotatable bonds is 23. The number of hydrogen-bond donors (Lipinski definition) is 4. The number of alkyl halides is 2. The third kappa shape index (κ3) is 12.0. The Bertz CT molecular complexity index is 2990. The number of carbonyl (C=O) groups is 1. The van der Waals surface area contributed by atoms with Crippen molar-refractivity contribution < 1.29 is 60.1 Å². The van der Waals surface area contributed by atoms with Gasteiger partial charge >= 0.3 is 15.0 Å². The maximum atomic E-state index is 18.0. The molecule has 392 valence electrons. The lowest BCUT2D eigenvalue weighted by Crippen LogP contribution is -2.38. The summed E-state index contributed by atoms with van der Waals surface area (Å²) in [6, 6.07) is 26.1. The van der Waals surface area contributed by atoms with Gasteiger partial charge in [0, 0.05) is 18.0 Å². The van der Waals surface area contributed by atoms with Crippen molar-refractivity contribution in [2.75, 3.05) is 44.7 Å². The number of H-pyrrole nitrogens is 1. The lowest BCUT2D eigenvalue weighted by molar-refractivity contribution is -0.118. The number of aromatic amines is 1. The van der Waals surface area contributed by atoms with E-state index in [9.17, 15) is 24.3 Å². The van der Waals surface area contributed by atoms with Crippen LogP contribution in [0.4, 0.5) is 20.5 Å². The van der Waals surface area contributed by atoms with Crippen LogP contribution in [0.3, 0.4) is 0 Å². The first-order valence-corrected chi connectivity index (χ1v) is 27.0. The quantitative estimate of drug-likeness (QED) is 0.0288. The molecule has 4 heterocycles. The van der Waals surface area contributed by atoms with Crippen LogP contribution in [0.5, 0.6) is 11.5 Å². The number of fused-ring (bicyclic) bond motifs is 1. The van der Waals surface area contributed by atoms with E-state index in [-0.39, 0.29) is 42.4 Å². The molecule has 10 atom stereocenters. The van der Waals surface area contributed by atoms with E-state index >= 15 is 8.78 Å². The van der Waals surface area contributed by atoms with Gasteiger partial charge in [0.25, 0.3) is 5.56 Å². The predicted octanol–water partition coefficient (Wildman–Crippen LogP) is 6.93. The van der Waals surface area contributed by atoms with Gasteiger partial charge in [0.15, 0.2) is 23.6 Å². The molecule has 4 N–H and O–H groups in total. The summed E-state index contributed by atoms with van der Waals surface area (Å²) in [5.74, 6) is -0.718. The highest BCUT2D eigenvalue weighted by molar-refractivity contribution is 8.07. The number of halogens is 2. The van der Waals surface area contributed by atoms with Crippen molar-refractivity contribution in [1.82, 2.24) is 29.5 Å². The summed E-state index contributed by atoms with van der Waals surface area (Å²) >= 11 is 5.96. The van der Waals surface area contributed by atoms with Crippen molar-refractivity contribution in [2.45, 2.75) is 75.2 Å². The zero-order valence-electron chi connectivity index (χ0n) is 40.3. The van der Waals surface area contributed by atoms with Crippen molar-refractivity contribution >= 4 is 55.6 Å². The van der Waals surface area contributed by atoms with Crippen LogP contribution in [0, 0.1) is 23.2 Å². The molecule has 0 spiro atoms. The van der Waals surface area contributed by atoms with Crippen LogP contribution in [0.2, 0.25) is 0 Å². The number of ether oxygens (including phenoxy) is 4. The van der Waals surface area contributed by atoms with Gasteiger partial charge in [-0.1, -0.05) is 68.4 Å². The molecule has 8 rings (SSSR count). The fraction of sp³-hybridized carbons (Fsp3) is 0.396. The summed E-state index contributed by atoms with van der Waals surface area (Å²) in [4.78, 5) is 55.3. The van der Waals surface area contributed by atoms with Gasteiger partial charge in [-0.2, -0.15) is 10.2 Å². The van der Waals surface area contributed by atoms with Gasteiger partial charge in [0.1, 0.15) is 53.7 Å². The van der Waals surface area contributed by atoms with Crippen molar-refractivity contribution in [3.8, 4) is 17.6 Å². The average Bonchev–Trinajstić information content (AvgIpc) is 4.06. The minimum absolute atomic E-state index is 0.0265. The second-order valence-electron chi connectivity index (χ2n) is 17.4. The molecular formula is C48H53F2N9O12P2S. The molecule has 74 heavy (non-hydrogen) atoms. The van der Waals surface area contributed by atoms with Crippen molar-refractivity contribution in [2.24, 2.45) is 11.8 Å². The summed E-state index contributed by atoms with van der Waals surface area (Å²) < 4.78 is 95.9. The van der Waals surface area contributed by atoms with Gasteiger partial charge in [-0.25, -0.2) is 23.7 Å². The van der Waals surface area contributed by atoms with E-state index in [0.29, 0.717) is 28.2 Å². The largest absolute Gasteiger partial charge is 0.497 e. The van der Waals surface area contributed by atoms with Crippen LogP contribution >= 0.6 is 15.0 Å². The first-order chi connectivity index (χ1) is 35.7. The SMILES string of the molecule is COc1ccc(C(OC[C@H]2O[C@@H](n3cnc4c(=O)[nH]c(NC(=O)C(C)C)nc43)[C@H](O[P@](=S)(OCCC#N)OC[C@H]3C[C@@H](Nc4ccncn4)[C@H](F)[C@@H]3O[PH](=O)O)[C@@H]2F)(c2ccccc2)c2ccc(OC)cc2)cc1. The number of benzene rings is 3. The number of carbonyl (C=O) groups excluding carboxylic acids is 1. The number of nitrogens with one attached hydrogen (secondary N) is 3. The van der Waals surface area contributed by atoms with E-state index in [1.807, 2.05) is 60.7 Å². The van der Waals surface area contributed by atoms with E-state index in [1.165, 1.54) is 29.5 Å².